The average molecular weight is 284 g/mol. The topological polar surface area (TPSA) is 44.8 Å². The van der Waals surface area contributed by atoms with Gasteiger partial charge in [-0.2, -0.15) is 0 Å². The standard InChI is InChI=1S/C16H28O4/c1-5-8-9-10-16(7-3)12-13(6-2)14(19-20-16)11-15(17)18-4/h9-10,13-14H,5-8,11-12H2,1-4H3/t13-,14-,16+/m0/s1. The van der Waals surface area contributed by atoms with Gasteiger partial charge in [0.2, 0.25) is 0 Å². The zero-order valence-electron chi connectivity index (χ0n) is 13.2. The lowest BCUT2D eigenvalue weighted by Gasteiger charge is -2.41. The van der Waals surface area contributed by atoms with Gasteiger partial charge in [-0.3, -0.25) is 4.79 Å². The fraction of sp³-hybridized carbons (Fsp3) is 0.812. The third-order valence-corrected chi connectivity index (χ3v) is 4.07. The van der Waals surface area contributed by atoms with E-state index in [9.17, 15) is 4.79 Å². The number of ether oxygens (including phenoxy) is 1. The van der Waals surface area contributed by atoms with Gasteiger partial charge in [0.1, 0.15) is 11.7 Å². The lowest BCUT2D eigenvalue weighted by Crippen LogP contribution is -2.44. The number of carbonyl (C=O) groups excluding carboxylic acids is 1. The van der Waals surface area contributed by atoms with Crippen molar-refractivity contribution >= 4 is 5.97 Å². The number of carbonyl (C=O) groups is 1. The molecule has 1 aliphatic heterocycles. The van der Waals surface area contributed by atoms with Crippen LogP contribution in [0.15, 0.2) is 12.2 Å². The molecular formula is C16H28O4. The smallest absolute Gasteiger partial charge is 0.308 e. The second kappa shape index (κ2) is 8.42. The van der Waals surface area contributed by atoms with Crippen LogP contribution in [0.1, 0.15) is 59.3 Å². The summed E-state index contributed by atoms with van der Waals surface area (Å²) in [5.74, 6) is 0.0663. The molecule has 0 aliphatic carbocycles. The minimum absolute atomic E-state index is 0.202. The van der Waals surface area contributed by atoms with E-state index in [0.29, 0.717) is 5.92 Å². The molecule has 3 atom stereocenters. The molecule has 1 rings (SSSR count). The van der Waals surface area contributed by atoms with Gasteiger partial charge in [0.25, 0.3) is 0 Å². The second-order valence-electron chi connectivity index (χ2n) is 5.48. The summed E-state index contributed by atoms with van der Waals surface area (Å²) in [6.45, 7) is 6.38. The van der Waals surface area contributed by atoms with Gasteiger partial charge in [0.05, 0.1) is 13.5 Å². The fourth-order valence-corrected chi connectivity index (χ4v) is 2.58. The van der Waals surface area contributed by atoms with Crippen molar-refractivity contribution in [1.82, 2.24) is 0 Å². The molecule has 0 bridgehead atoms. The van der Waals surface area contributed by atoms with Gasteiger partial charge >= 0.3 is 5.97 Å². The fourth-order valence-electron chi connectivity index (χ4n) is 2.58. The van der Waals surface area contributed by atoms with Gasteiger partial charge in [-0.25, -0.2) is 9.78 Å². The van der Waals surface area contributed by atoms with Crippen molar-refractivity contribution in [1.29, 1.82) is 0 Å². The summed E-state index contributed by atoms with van der Waals surface area (Å²) in [7, 11) is 1.40. The van der Waals surface area contributed by atoms with Crippen LogP contribution in [0.25, 0.3) is 0 Å². The second-order valence-corrected chi connectivity index (χ2v) is 5.48. The van der Waals surface area contributed by atoms with Crippen LogP contribution in [0, 0.1) is 5.92 Å². The van der Waals surface area contributed by atoms with Crippen LogP contribution >= 0.6 is 0 Å². The first-order valence-electron chi connectivity index (χ1n) is 7.69. The molecule has 0 aromatic heterocycles. The first kappa shape index (κ1) is 17.2. The van der Waals surface area contributed by atoms with E-state index >= 15 is 0 Å². The summed E-state index contributed by atoms with van der Waals surface area (Å²) in [4.78, 5) is 22.6. The summed E-state index contributed by atoms with van der Waals surface area (Å²) in [6.07, 6.45) is 9.26. The number of methoxy groups -OCH3 is 1. The van der Waals surface area contributed by atoms with Crippen LogP contribution in [0.3, 0.4) is 0 Å². The Kier molecular flexibility index (Phi) is 7.24. The largest absolute Gasteiger partial charge is 0.469 e. The molecule has 0 unspecified atom stereocenters. The van der Waals surface area contributed by atoms with Crippen LogP contribution in [0.5, 0.6) is 0 Å². The molecule has 1 saturated heterocycles. The number of hydrogen-bond acceptors (Lipinski definition) is 4. The maximum absolute atomic E-state index is 11.4. The Morgan fingerprint density at radius 3 is 2.70 bits per heavy atom. The van der Waals surface area contributed by atoms with E-state index in [1.165, 1.54) is 7.11 Å². The highest BCUT2D eigenvalue weighted by atomic mass is 17.2. The molecule has 1 aliphatic rings. The van der Waals surface area contributed by atoms with Crippen molar-refractivity contribution in [3.8, 4) is 0 Å². The number of unbranched alkanes of at least 4 members (excludes halogenated alkanes) is 1. The highest BCUT2D eigenvalue weighted by molar-refractivity contribution is 5.69. The zero-order valence-corrected chi connectivity index (χ0v) is 13.2. The molecule has 0 amide bonds. The monoisotopic (exact) mass is 284 g/mol. The van der Waals surface area contributed by atoms with E-state index in [1.54, 1.807) is 0 Å². The summed E-state index contributed by atoms with van der Waals surface area (Å²) in [5.41, 5.74) is -0.345. The van der Waals surface area contributed by atoms with Crippen LogP contribution in [0.2, 0.25) is 0 Å². The summed E-state index contributed by atoms with van der Waals surface area (Å²) >= 11 is 0. The molecule has 1 heterocycles. The van der Waals surface area contributed by atoms with E-state index in [2.05, 4.69) is 32.9 Å². The van der Waals surface area contributed by atoms with Gasteiger partial charge < -0.3 is 4.74 Å². The van der Waals surface area contributed by atoms with Crippen LogP contribution in [0.4, 0.5) is 0 Å². The SMILES string of the molecule is CCCC=C[C@]1(CC)C[C@H](CC)[C@H](CC(=O)OC)OO1. The minimum Gasteiger partial charge on any atom is -0.469 e. The average Bonchev–Trinajstić information content (AvgIpc) is 2.48. The van der Waals surface area contributed by atoms with E-state index in [1.807, 2.05) is 0 Å². The molecule has 1 fully saturated rings. The van der Waals surface area contributed by atoms with Gasteiger partial charge in [-0.05, 0) is 25.2 Å². The van der Waals surface area contributed by atoms with Crippen LogP contribution < -0.4 is 0 Å². The van der Waals surface area contributed by atoms with Gasteiger partial charge in [0.15, 0.2) is 0 Å². The molecule has 4 heteroatoms. The lowest BCUT2D eigenvalue weighted by molar-refractivity contribution is -0.409. The first-order valence-corrected chi connectivity index (χ1v) is 7.69. The highest BCUT2D eigenvalue weighted by Gasteiger charge is 2.41. The van der Waals surface area contributed by atoms with Crippen molar-refractivity contribution in [3.05, 3.63) is 12.2 Å². The van der Waals surface area contributed by atoms with Crippen LogP contribution in [-0.4, -0.2) is 24.8 Å². The van der Waals surface area contributed by atoms with Crippen molar-refractivity contribution in [2.75, 3.05) is 7.11 Å². The Balaban J connectivity index is 2.70. The molecule has 0 saturated carbocycles. The molecule has 20 heavy (non-hydrogen) atoms. The summed E-state index contributed by atoms with van der Waals surface area (Å²) < 4.78 is 4.72. The van der Waals surface area contributed by atoms with Crippen LogP contribution in [-0.2, 0) is 19.3 Å². The van der Waals surface area contributed by atoms with E-state index in [4.69, 9.17) is 14.5 Å². The molecule has 0 aromatic rings. The predicted molar refractivity (Wildman–Crippen MR) is 78.1 cm³/mol. The molecular weight excluding hydrogens is 256 g/mol. The zero-order chi connectivity index (χ0) is 15.0. The lowest BCUT2D eigenvalue weighted by atomic mass is 9.81. The van der Waals surface area contributed by atoms with Crippen molar-refractivity contribution in [3.63, 3.8) is 0 Å². The highest BCUT2D eigenvalue weighted by Crippen LogP contribution is 2.37. The molecule has 4 nitrogen and oxygen atoms in total. The molecule has 0 aromatic carbocycles. The van der Waals surface area contributed by atoms with E-state index < -0.39 is 0 Å². The van der Waals surface area contributed by atoms with Crippen molar-refractivity contribution < 1.29 is 19.3 Å². The maximum Gasteiger partial charge on any atom is 0.308 e. The molecule has 0 radical (unpaired) electrons. The minimum atomic E-state index is -0.345. The molecule has 116 valence electrons. The number of rotatable bonds is 7. The van der Waals surface area contributed by atoms with Gasteiger partial charge in [-0.15, -0.1) is 0 Å². The Bertz CT molecular complexity index is 326. The Morgan fingerprint density at radius 2 is 2.15 bits per heavy atom. The maximum atomic E-state index is 11.4. The Hall–Kier alpha value is -0.870. The van der Waals surface area contributed by atoms with Crippen molar-refractivity contribution in [2.24, 2.45) is 5.92 Å². The van der Waals surface area contributed by atoms with E-state index in [0.717, 1.165) is 32.1 Å². The van der Waals surface area contributed by atoms with Gasteiger partial charge in [-0.1, -0.05) is 45.8 Å². The quantitative estimate of drug-likeness (QED) is 0.405. The normalized spacial score (nSPS) is 30.6. The first-order chi connectivity index (χ1) is 9.60. The summed E-state index contributed by atoms with van der Waals surface area (Å²) in [6, 6.07) is 0. The summed E-state index contributed by atoms with van der Waals surface area (Å²) in [5, 5.41) is 0. The Morgan fingerprint density at radius 1 is 1.40 bits per heavy atom. The predicted octanol–water partition coefficient (Wildman–Crippen LogP) is 3.80. The van der Waals surface area contributed by atoms with Crippen molar-refractivity contribution in [2.45, 2.75) is 71.0 Å². The number of esters is 1. The molecule has 0 N–H and O–H groups in total. The third kappa shape index (κ3) is 4.60. The van der Waals surface area contributed by atoms with E-state index in [-0.39, 0.29) is 24.1 Å². The van der Waals surface area contributed by atoms with Gasteiger partial charge in [0, 0.05) is 0 Å². The number of hydrogen-bond donors (Lipinski definition) is 0. The third-order valence-electron chi connectivity index (χ3n) is 4.07. The Labute approximate surface area is 122 Å². The number of allylic oxidation sites excluding steroid dienone is 1. The molecule has 0 spiro atoms.